The zero-order valence-electron chi connectivity index (χ0n) is 14.9. The number of carbonyl (C=O) groups is 1. The Morgan fingerprint density at radius 2 is 2.00 bits per heavy atom. The number of nitrogens with one attached hydrogen (secondary N) is 1. The first-order valence-electron chi connectivity index (χ1n) is 9.31. The second-order valence-corrected chi connectivity index (χ2v) is 7.24. The van der Waals surface area contributed by atoms with E-state index in [9.17, 15) is 14.3 Å². The fourth-order valence-electron chi connectivity index (χ4n) is 3.88. The SMILES string of the molecule is CN(c1ccc(NC(=O)N2CCC[C@H](O)C2)cc1F)C1CCCCC1. The summed E-state index contributed by atoms with van der Waals surface area (Å²) in [4.78, 5) is 15.9. The van der Waals surface area contributed by atoms with Gasteiger partial charge in [0, 0.05) is 31.9 Å². The molecule has 1 aliphatic heterocycles. The Labute approximate surface area is 148 Å². The van der Waals surface area contributed by atoms with Gasteiger partial charge in [-0.1, -0.05) is 19.3 Å². The number of urea groups is 1. The number of hydrogen-bond acceptors (Lipinski definition) is 3. The Balaban J connectivity index is 1.64. The van der Waals surface area contributed by atoms with Gasteiger partial charge in [0.1, 0.15) is 5.82 Å². The van der Waals surface area contributed by atoms with E-state index in [0.717, 1.165) is 25.7 Å². The van der Waals surface area contributed by atoms with E-state index < -0.39 is 6.10 Å². The molecule has 3 rings (SSSR count). The first-order chi connectivity index (χ1) is 12.0. The third-order valence-electron chi connectivity index (χ3n) is 5.39. The Kier molecular flexibility index (Phi) is 5.78. The van der Waals surface area contributed by atoms with Crippen molar-refractivity contribution in [3.05, 3.63) is 24.0 Å². The van der Waals surface area contributed by atoms with E-state index in [1.807, 2.05) is 11.9 Å². The molecule has 2 amide bonds. The predicted molar refractivity (Wildman–Crippen MR) is 97.5 cm³/mol. The van der Waals surface area contributed by atoms with E-state index in [2.05, 4.69) is 5.32 Å². The summed E-state index contributed by atoms with van der Waals surface area (Å²) >= 11 is 0. The minimum atomic E-state index is -0.470. The monoisotopic (exact) mass is 349 g/mol. The number of aliphatic hydroxyl groups excluding tert-OH is 1. The lowest BCUT2D eigenvalue weighted by Crippen LogP contribution is -2.44. The number of carbonyl (C=O) groups excluding carboxylic acids is 1. The minimum Gasteiger partial charge on any atom is -0.391 e. The number of aliphatic hydroxyl groups is 1. The van der Waals surface area contributed by atoms with Crippen molar-refractivity contribution < 1.29 is 14.3 Å². The normalized spacial score (nSPS) is 21.9. The number of anilines is 2. The molecular weight excluding hydrogens is 321 g/mol. The number of benzene rings is 1. The fourth-order valence-corrected chi connectivity index (χ4v) is 3.88. The highest BCUT2D eigenvalue weighted by atomic mass is 19.1. The van der Waals surface area contributed by atoms with Gasteiger partial charge in [-0.2, -0.15) is 0 Å². The molecule has 25 heavy (non-hydrogen) atoms. The second kappa shape index (κ2) is 8.04. The topological polar surface area (TPSA) is 55.8 Å². The van der Waals surface area contributed by atoms with Crippen molar-refractivity contribution in [1.82, 2.24) is 4.90 Å². The van der Waals surface area contributed by atoms with Crippen molar-refractivity contribution in [2.75, 3.05) is 30.4 Å². The standard InChI is InChI=1S/C19H28FN3O2/c1-22(15-6-3-2-4-7-15)18-10-9-14(12-17(18)20)21-19(25)23-11-5-8-16(24)13-23/h9-10,12,15-16,24H,2-8,11,13H2,1H3,(H,21,25)/t16-/m0/s1. The highest BCUT2D eigenvalue weighted by molar-refractivity contribution is 5.89. The van der Waals surface area contributed by atoms with Gasteiger partial charge in [-0.25, -0.2) is 9.18 Å². The van der Waals surface area contributed by atoms with Gasteiger partial charge in [0.2, 0.25) is 0 Å². The average Bonchev–Trinajstić information content (AvgIpc) is 2.62. The van der Waals surface area contributed by atoms with Crippen LogP contribution in [0.25, 0.3) is 0 Å². The Morgan fingerprint density at radius 3 is 2.68 bits per heavy atom. The average molecular weight is 349 g/mol. The summed E-state index contributed by atoms with van der Waals surface area (Å²) in [6, 6.07) is 4.97. The summed E-state index contributed by atoms with van der Waals surface area (Å²) in [5.41, 5.74) is 1.03. The summed E-state index contributed by atoms with van der Waals surface area (Å²) < 4.78 is 14.6. The molecule has 0 radical (unpaired) electrons. The summed E-state index contributed by atoms with van der Waals surface area (Å²) in [6.45, 7) is 0.949. The van der Waals surface area contributed by atoms with E-state index in [0.29, 0.717) is 30.5 Å². The largest absolute Gasteiger partial charge is 0.391 e. The molecule has 2 fully saturated rings. The van der Waals surface area contributed by atoms with Gasteiger partial charge in [0.05, 0.1) is 11.8 Å². The zero-order chi connectivity index (χ0) is 17.8. The summed E-state index contributed by atoms with van der Waals surface area (Å²) in [5, 5.41) is 12.4. The van der Waals surface area contributed by atoms with Crippen LogP contribution in [0.15, 0.2) is 18.2 Å². The van der Waals surface area contributed by atoms with Gasteiger partial charge < -0.3 is 20.2 Å². The Hall–Kier alpha value is -1.82. The number of rotatable bonds is 3. The molecule has 1 heterocycles. The van der Waals surface area contributed by atoms with Gasteiger partial charge >= 0.3 is 6.03 Å². The second-order valence-electron chi connectivity index (χ2n) is 7.24. The van der Waals surface area contributed by atoms with E-state index in [-0.39, 0.29) is 11.8 Å². The lowest BCUT2D eigenvalue weighted by atomic mass is 9.94. The molecule has 138 valence electrons. The van der Waals surface area contributed by atoms with Crippen LogP contribution in [0.2, 0.25) is 0 Å². The third kappa shape index (κ3) is 4.42. The van der Waals surface area contributed by atoms with Crippen LogP contribution in [0, 0.1) is 5.82 Å². The summed E-state index contributed by atoms with van der Waals surface area (Å²) in [7, 11) is 1.95. The van der Waals surface area contributed by atoms with Crippen LogP contribution in [0.4, 0.5) is 20.6 Å². The maximum atomic E-state index is 14.6. The molecule has 2 aliphatic rings. The quantitative estimate of drug-likeness (QED) is 0.877. The van der Waals surface area contributed by atoms with E-state index in [1.54, 1.807) is 17.0 Å². The molecular formula is C19H28FN3O2. The maximum Gasteiger partial charge on any atom is 0.321 e. The van der Waals surface area contributed by atoms with E-state index >= 15 is 0 Å². The fraction of sp³-hybridized carbons (Fsp3) is 0.632. The Bertz CT molecular complexity index is 604. The summed E-state index contributed by atoms with van der Waals surface area (Å²) in [6.07, 6.45) is 6.91. The molecule has 0 bridgehead atoms. The van der Waals surface area contributed by atoms with Crippen LogP contribution in [0.3, 0.4) is 0 Å². The van der Waals surface area contributed by atoms with Crippen LogP contribution in [0.1, 0.15) is 44.9 Å². The molecule has 1 aromatic carbocycles. The highest BCUT2D eigenvalue weighted by Crippen LogP contribution is 2.29. The molecule has 0 aromatic heterocycles. The van der Waals surface area contributed by atoms with E-state index in [1.165, 1.54) is 25.3 Å². The van der Waals surface area contributed by atoms with Crippen molar-refractivity contribution in [3.63, 3.8) is 0 Å². The molecule has 0 unspecified atom stereocenters. The van der Waals surface area contributed by atoms with E-state index in [4.69, 9.17) is 0 Å². The number of hydrogen-bond donors (Lipinski definition) is 2. The van der Waals surface area contributed by atoms with Crippen LogP contribution >= 0.6 is 0 Å². The third-order valence-corrected chi connectivity index (χ3v) is 5.39. The van der Waals surface area contributed by atoms with Gasteiger partial charge in [-0.05, 0) is 43.9 Å². The maximum absolute atomic E-state index is 14.6. The number of β-amino-alcohol motifs (C(OH)–C–C–N with tert-alkyl or cyclic N) is 1. The number of piperidine rings is 1. The predicted octanol–water partition coefficient (Wildman–Crippen LogP) is 3.58. The molecule has 2 N–H and O–H groups in total. The molecule has 1 aromatic rings. The molecule has 1 atom stereocenters. The van der Waals surface area contributed by atoms with Gasteiger partial charge in [-0.15, -0.1) is 0 Å². The van der Waals surface area contributed by atoms with Crippen molar-refractivity contribution in [2.24, 2.45) is 0 Å². The van der Waals surface area contributed by atoms with Crippen LogP contribution in [0.5, 0.6) is 0 Å². The van der Waals surface area contributed by atoms with Crippen molar-refractivity contribution in [3.8, 4) is 0 Å². The van der Waals surface area contributed by atoms with Gasteiger partial charge in [0.25, 0.3) is 0 Å². The Morgan fingerprint density at radius 1 is 1.24 bits per heavy atom. The van der Waals surface area contributed by atoms with Crippen LogP contribution in [-0.2, 0) is 0 Å². The van der Waals surface area contributed by atoms with Crippen LogP contribution in [-0.4, -0.2) is 48.3 Å². The molecule has 1 saturated heterocycles. The number of likely N-dealkylation sites (tertiary alicyclic amines) is 1. The highest BCUT2D eigenvalue weighted by Gasteiger charge is 2.23. The molecule has 1 saturated carbocycles. The summed E-state index contributed by atoms with van der Waals surface area (Å²) in [5.74, 6) is -0.315. The van der Waals surface area contributed by atoms with Crippen LogP contribution < -0.4 is 10.2 Å². The molecule has 1 aliphatic carbocycles. The van der Waals surface area contributed by atoms with Gasteiger partial charge in [-0.3, -0.25) is 0 Å². The molecule has 6 heteroatoms. The van der Waals surface area contributed by atoms with Crippen molar-refractivity contribution in [1.29, 1.82) is 0 Å². The number of halogens is 1. The molecule has 5 nitrogen and oxygen atoms in total. The van der Waals surface area contributed by atoms with Crippen molar-refractivity contribution in [2.45, 2.75) is 57.1 Å². The van der Waals surface area contributed by atoms with Gasteiger partial charge in [0.15, 0.2) is 0 Å². The smallest absolute Gasteiger partial charge is 0.321 e. The number of nitrogens with zero attached hydrogens (tertiary/aromatic N) is 2. The van der Waals surface area contributed by atoms with Crippen molar-refractivity contribution >= 4 is 17.4 Å². The zero-order valence-corrected chi connectivity index (χ0v) is 14.9. The lowest BCUT2D eigenvalue weighted by Gasteiger charge is -2.33. The first-order valence-corrected chi connectivity index (χ1v) is 9.31. The molecule has 0 spiro atoms. The number of amides is 2. The minimum absolute atomic E-state index is 0.286. The first kappa shape index (κ1) is 18.0. The lowest BCUT2D eigenvalue weighted by molar-refractivity contribution is 0.0883.